The zero-order chi connectivity index (χ0) is 28.6. The first-order valence-corrected chi connectivity index (χ1v) is 14.9. The van der Waals surface area contributed by atoms with Crippen LogP contribution in [0.4, 0.5) is 0 Å². The van der Waals surface area contributed by atoms with E-state index in [2.05, 4.69) is 57.9 Å². The summed E-state index contributed by atoms with van der Waals surface area (Å²) in [7, 11) is 0. The summed E-state index contributed by atoms with van der Waals surface area (Å²) in [5.74, 6) is 0.150. The Kier molecular flexibility index (Phi) is 11.2. The molecule has 3 aromatic rings. The summed E-state index contributed by atoms with van der Waals surface area (Å²) in [4.78, 5) is 29.1. The third kappa shape index (κ3) is 9.21. The van der Waals surface area contributed by atoms with Gasteiger partial charge in [-0.25, -0.2) is 0 Å². The molecule has 0 spiro atoms. The van der Waals surface area contributed by atoms with Crippen molar-refractivity contribution >= 4 is 43.7 Å². The van der Waals surface area contributed by atoms with Crippen molar-refractivity contribution in [1.29, 1.82) is 0 Å². The fourth-order valence-corrected chi connectivity index (χ4v) is 5.07. The van der Waals surface area contributed by atoms with Crippen LogP contribution in [0, 0.1) is 0 Å². The average Bonchev–Trinajstić information content (AvgIpc) is 2.89. The maximum atomic E-state index is 13.8. The third-order valence-electron chi connectivity index (χ3n) is 6.66. The molecule has 2 amide bonds. The van der Waals surface area contributed by atoms with Crippen LogP contribution in [0.1, 0.15) is 57.7 Å². The van der Waals surface area contributed by atoms with Gasteiger partial charge in [-0.05, 0) is 75.6 Å². The van der Waals surface area contributed by atoms with Gasteiger partial charge in [0.25, 0.3) is 5.91 Å². The summed E-state index contributed by atoms with van der Waals surface area (Å²) in [6.07, 6.45) is 1.19. The average molecular weight is 658 g/mol. The van der Waals surface area contributed by atoms with Crippen molar-refractivity contribution in [3.63, 3.8) is 0 Å². The lowest BCUT2D eigenvalue weighted by molar-refractivity contribution is -0.143. The molecule has 2 atom stereocenters. The summed E-state index contributed by atoms with van der Waals surface area (Å²) in [6.45, 7) is 10.5. The number of hydrogen-bond acceptors (Lipinski definition) is 3. The van der Waals surface area contributed by atoms with Crippen LogP contribution >= 0.6 is 31.9 Å². The monoisotopic (exact) mass is 656 g/mol. The molecule has 0 radical (unpaired) electrons. The molecule has 1 N–H and O–H groups in total. The number of amides is 2. The Bertz CT molecular complexity index is 1260. The lowest BCUT2D eigenvalue weighted by atomic mass is 9.87. The Labute approximate surface area is 249 Å². The fraction of sp³-hybridized carbons (Fsp3) is 0.375. The van der Waals surface area contributed by atoms with Crippen molar-refractivity contribution < 1.29 is 14.3 Å². The quantitative estimate of drug-likeness (QED) is 0.233. The van der Waals surface area contributed by atoms with Crippen LogP contribution in [0.25, 0.3) is 0 Å². The number of carbonyl (C=O) groups is 2. The van der Waals surface area contributed by atoms with Crippen LogP contribution in [0.15, 0.2) is 81.7 Å². The number of carbonyl (C=O) groups excluding carboxylic acids is 2. The van der Waals surface area contributed by atoms with Crippen LogP contribution in [0.2, 0.25) is 0 Å². The maximum absolute atomic E-state index is 13.8. The van der Waals surface area contributed by atoms with Crippen LogP contribution in [-0.2, 0) is 28.0 Å². The number of ether oxygens (including phenoxy) is 1. The van der Waals surface area contributed by atoms with Gasteiger partial charge in [0.2, 0.25) is 5.91 Å². The van der Waals surface area contributed by atoms with Gasteiger partial charge in [0, 0.05) is 23.5 Å². The summed E-state index contributed by atoms with van der Waals surface area (Å²) in [6, 6.07) is 22.8. The largest absolute Gasteiger partial charge is 0.483 e. The van der Waals surface area contributed by atoms with E-state index in [1.54, 1.807) is 4.90 Å². The molecule has 0 aromatic heterocycles. The zero-order valence-corrected chi connectivity index (χ0v) is 26.5. The van der Waals surface area contributed by atoms with Crippen molar-refractivity contribution in [2.24, 2.45) is 0 Å². The second kappa shape index (κ2) is 14.1. The summed E-state index contributed by atoms with van der Waals surface area (Å²) >= 11 is 7.13. The summed E-state index contributed by atoms with van der Waals surface area (Å²) in [5.41, 5.74) is 3.05. The summed E-state index contributed by atoms with van der Waals surface area (Å²) in [5, 5.41) is 3.10. The zero-order valence-electron chi connectivity index (χ0n) is 23.3. The van der Waals surface area contributed by atoms with Crippen molar-refractivity contribution in [2.45, 2.75) is 71.5 Å². The molecule has 3 rings (SSSR count). The van der Waals surface area contributed by atoms with E-state index in [0.29, 0.717) is 12.2 Å². The van der Waals surface area contributed by atoms with Crippen molar-refractivity contribution in [3.05, 3.63) is 98.4 Å². The predicted octanol–water partition coefficient (Wildman–Crippen LogP) is 7.44. The molecule has 39 heavy (non-hydrogen) atoms. The van der Waals surface area contributed by atoms with E-state index in [9.17, 15) is 9.59 Å². The molecular formula is C32H38Br2N2O3. The third-order valence-corrected chi connectivity index (χ3v) is 7.78. The molecule has 7 heteroatoms. The van der Waals surface area contributed by atoms with Gasteiger partial charge in [-0.3, -0.25) is 9.59 Å². The van der Waals surface area contributed by atoms with Crippen LogP contribution in [-0.4, -0.2) is 35.4 Å². The number of benzene rings is 3. The molecule has 0 bridgehead atoms. The molecule has 0 saturated heterocycles. The first-order valence-electron chi connectivity index (χ1n) is 13.3. The van der Waals surface area contributed by atoms with E-state index in [4.69, 9.17) is 4.74 Å². The molecule has 5 nitrogen and oxygen atoms in total. The first-order chi connectivity index (χ1) is 18.5. The molecular weight excluding hydrogens is 620 g/mol. The molecule has 0 aliphatic heterocycles. The van der Waals surface area contributed by atoms with E-state index in [1.165, 1.54) is 0 Å². The van der Waals surface area contributed by atoms with Crippen molar-refractivity contribution in [1.82, 2.24) is 10.2 Å². The van der Waals surface area contributed by atoms with Gasteiger partial charge >= 0.3 is 0 Å². The first kappa shape index (κ1) is 30.9. The van der Waals surface area contributed by atoms with Crippen molar-refractivity contribution in [2.75, 3.05) is 6.61 Å². The Morgan fingerprint density at radius 3 is 2.26 bits per heavy atom. The fourth-order valence-electron chi connectivity index (χ4n) is 4.13. The van der Waals surface area contributed by atoms with E-state index in [1.807, 2.05) is 86.6 Å². The van der Waals surface area contributed by atoms with Crippen LogP contribution in [0.3, 0.4) is 0 Å². The number of halogens is 2. The predicted molar refractivity (Wildman–Crippen MR) is 165 cm³/mol. The van der Waals surface area contributed by atoms with Crippen LogP contribution < -0.4 is 10.1 Å². The maximum Gasteiger partial charge on any atom is 0.261 e. The smallest absolute Gasteiger partial charge is 0.261 e. The number of nitrogens with one attached hydrogen (secondary N) is 1. The minimum Gasteiger partial charge on any atom is -0.483 e. The van der Waals surface area contributed by atoms with E-state index >= 15 is 0 Å². The number of nitrogens with zero attached hydrogens (tertiary/aromatic N) is 1. The molecule has 3 aromatic carbocycles. The Morgan fingerprint density at radius 2 is 1.64 bits per heavy atom. The summed E-state index contributed by atoms with van der Waals surface area (Å²) < 4.78 is 7.71. The van der Waals surface area contributed by atoms with Crippen molar-refractivity contribution in [3.8, 4) is 5.75 Å². The molecule has 0 aliphatic carbocycles. The molecule has 0 fully saturated rings. The van der Waals surface area contributed by atoms with Crippen LogP contribution in [0.5, 0.6) is 5.75 Å². The molecule has 0 saturated carbocycles. The highest BCUT2D eigenvalue weighted by molar-refractivity contribution is 9.10. The number of hydrogen-bond donors (Lipinski definition) is 1. The van der Waals surface area contributed by atoms with Gasteiger partial charge in [0.1, 0.15) is 11.8 Å². The Balaban J connectivity index is 1.92. The lowest BCUT2D eigenvalue weighted by Gasteiger charge is -2.32. The Hall–Kier alpha value is -2.64. The highest BCUT2D eigenvalue weighted by Crippen LogP contribution is 2.31. The molecule has 208 valence electrons. The van der Waals surface area contributed by atoms with Gasteiger partial charge in [-0.1, -0.05) is 92.2 Å². The van der Waals surface area contributed by atoms with Gasteiger partial charge in [0.05, 0.1) is 4.47 Å². The van der Waals surface area contributed by atoms with E-state index < -0.39 is 6.04 Å². The molecule has 0 heterocycles. The standard InChI is InChI=1S/C32H38Br2N2O3/c1-6-22(2)35-31(38)28(18-23-11-8-7-9-12-23)36(20-24-13-10-14-26(33)17-24)30(37)21-39-29-16-15-25(19-27(29)34)32(3,4)5/h7-17,19,22,28H,6,18,20-21H2,1-5H3,(H,35,38)/t22-,28-/m1/s1. The second-order valence-corrected chi connectivity index (χ2v) is 12.6. The minimum absolute atomic E-state index is 0.00729. The van der Waals surface area contributed by atoms with Gasteiger partial charge in [-0.2, -0.15) is 0 Å². The topological polar surface area (TPSA) is 58.6 Å². The van der Waals surface area contributed by atoms with Gasteiger partial charge in [0.15, 0.2) is 6.61 Å². The SMILES string of the molecule is CC[C@@H](C)NC(=O)[C@@H](Cc1ccccc1)N(Cc1cccc(Br)c1)C(=O)COc1ccc(C(C)(C)C)cc1Br. The highest BCUT2D eigenvalue weighted by Gasteiger charge is 2.31. The highest BCUT2D eigenvalue weighted by atomic mass is 79.9. The Morgan fingerprint density at radius 1 is 0.949 bits per heavy atom. The molecule has 0 unspecified atom stereocenters. The number of rotatable bonds is 11. The van der Waals surface area contributed by atoms with E-state index in [0.717, 1.165) is 32.1 Å². The second-order valence-electron chi connectivity index (χ2n) is 10.9. The van der Waals surface area contributed by atoms with E-state index in [-0.39, 0.29) is 36.4 Å². The lowest BCUT2D eigenvalue weighted by Crippen LogP contribution is -2.53. The molecule has 0 aliphatic rings. The van der Waals surface area contributed by atoms with Gasteiger partial charge in [-0.15, -0.1) is 0 Å². The normalized spacial score (nSPS) is 12.9. The minimum atomic E-state index is -0.705. The van der Waals surface area contributed by atoms with Gasteiger partial charge < -0.3 is 15.0 Å².